The molecule has 30 heavy (non-hydrogen) atoms. The van der Waals surface area contributed by atoms with Crippen LogP contribution in [0, 0.1) is 6.92 Å². The van der Waals surface area contributed by atoms with E-state index in [0.29, 0.717) is 29.2 Å². The molecule has 9 heteroatoms. The molecule has 1 N–H and O–H groups in total. The van der Waals surface area contributed by atoms with Gasteiger partial charge in [0.25, 0.3) is 0 Å². The largest absolute Gasteiger partial charge is 0.490 e. The highest BCUT2D eigenvalue weighted by molar-refractivity contribution is 8.14. The van der Waals surface area contributed by atoms with Crippen molar-refractivity contribution in [2.24, 2.45) is 5.10 Å². The molecular formula is C21H22ClN3O4S. The Labute approximate surface area is 184 Å². The van der Waals surface area contributed by atoms with Gasteiger partial charge in [-0.2, -0.15) is 0 Å². The number of hydrazone groups is 1. The quantitative estimate of drug-likeness (QED) is 0.674. The van der Waals surface area contributed by atoms with Gasteiger partial charge in [0.2, 0.25) is 11.8 Å². The second kappa shape index (κ2) is 9.86. The molecule has 7 nitrogen and oxygen atoms in total. The number of nitrogens with one attached hydrogen (secondary N) is 1. The number of ether oxygens (including phenoxy) is 2. The van der Waals surface area contributed by atoms with Crippen molar-refractivity contribution >= 4 is 40.3 Å². The van der Waals surface area contributed by atoms with Gasteiger partial charge in [-0.1, -0.05) is 47.1 Å². The van der Waals surface area contributed by atoms with Crippen molar-refractivity contribution in [2.45, 2.75) is 26.1 Å². The van der Waals surface area contributed by atoms with Crippen LogP contribution in [0.5, 0.6) is 11.5 Å². The van der Waals surface area contributed by atoms with Crippen LogP contribution >= 0.6 is 23.4 Å². The number of nitrogens with zero attached hydrogens (tertiary/aromatic N) is 2. The molecular weight excluding hydrogens is 426 g/mol. The van der Waals surface area contributed by atoms with Crippen molar-refractivity contribution in [1.82, 2.24) is 10.3 Å². The fraction of sp³-hybridized carbons (Fsp3) is 0.286. The van der Waals surface area contributed by atoms with Gasteiger partial charge in [-0.05, 0) is 36.8 Å². The van der Waals surface area contributed by atoms with Gasteiger partial charge >= 0.3 is 0 Å². The molecule has 0 aliphatic carbocycles. The van der Waals surface area contributed by atoms with Crippen LogP contribution in [0.1, 0.15) is 30.3 Å². The number of amides is 2. The maximum absolute atomic E-state index is 11.9. The van der Waals surface area contributed by atoms with Crippen molar-refractivity contribution in [1.29, 1.82) is 0 Å². The number of thioether (sulfide) groups is 1. The number of carbonyl (C=O) groups excluding carboxylic acids is 2. The van der Waals surface area contributed by atoms with E-state index in [-0.39, 0.29) is 11.8 Å². The first-order chi connectivity index (χ1) is 14.3. The van der Waals surface area contributed by atoms with Gasteiger partial charge in [0, 0.05) is 13.8 Å². The van der Waals surface area contributed by atoms with Crippen LogP contribution in [0.3, 0.4) is 0 Å². The first-order valence-electron chi connectivity index (χ1n) is 9.28. The summed E-state index contributed by atoms with van der Waals surface area (Å²) in [5.74, 6) is 0.814. The first kappa shape index (κ1) is 22.0. The molecule has 2 aromatic carbocycles. The Morgan fingerprint density at radius 1 is 1.13 bits per heavy atom. The second-order valence-electron chi connectivity index (χ2n) is 6.62. The van der Waals surface area contributed by atoms with E-state index in [1.54, 1.807) is 12.1 Å². The van der Waals surface area contributed by atoms with Crippen molar-refractivity contribution in [3.63, 3.8) is 0 Å². The zero-order chi connectivity index (χ0) is 21.7. The predicted molar refractivity (Wildman–Crippen MR) is 118 cm³/mol. The lowest BCUT2D eigenvalue weighted by molar-refractivity contribution is -0.129. The van der Waals surface area contributed by atoms with Gasteiger partial charge in [0.1, 0.15) is 30.1 Å². The molecule has 1 heterocycles. The molecule has 1 aliphatic heterocycles. The van der Waals surface area contributed by atoms with Crippen molar-refractivity contribution in [3.8, 4) is 11.5 Å². The molecule has 1 atom stereocenters. The zero-order valence-corrected chi connectivity index (χ0v) is 18.4. The van der Waals surface area contributed by atoms with Gasteiger partial charge in [0.15, 0.2) is 5.17 Å². The Morgan fingerprint density at radius 2 is 1.83 bits per heavy atom. The molecule has 0 fully saturated rings. The van der Waals surface area contributed by atoms with E-state index >= 15 is 0 Å². The number of hydrogen-bond donors (Lipinski definition) is 1. The molecule has 0 radical (unpaired) electrons. The van der Waals surface area contributed by atoms with Crippen LogP contribution in [0.4, 0.5) is 0 Å². The number of halogens is 1. The third-order valence-corrected chi connectivity index (χ3v) is 5.52. The van der Waals surface area contributed by atoms with Gasteiger partial charge in [-0.25, -0.2) is 5.01 Å². The van der Waals surface area contributed by atoms with Gasteiger partial charge in [-0.3, -0.25) is 9.59 Å². The monoisotopic (exact) mass is 447 g/mol. The van der Waals surface area contributed by atoms with Crippen LogP contribution in [0.25, 0.3) is 0 Å². The molecule has 0 unspecified atom stereocenters. The highest BCUT2D eigenvalue weighted by atomic mass is 35.5. The fourth-order valence-corrected chi connectivity index (χ4v) is 4.08. The highest BCUT2D eigenvalue weighted by Gasteiger charge is 2.32. The van der Waals surface area contributed by atoms with Crippen molar-refractivity contribution in [2.75, 3.05) is 13.2 Å². The molecule has 2 amide bonds. The predicted octanol–water partition coefficient (Wildman–Crippen LogP) is 4.11. The summed E-state index contributed by atoms with van der Waals surface area (Å²) in [6.07, 6.45) is 0. The number of carbonyl (C=O) groups is 2. The van der Waals surface area contributed by atoms with E-state index in [4.69, 9.17) is 21.1 Å². The Balaban J connectivity index is 1.59. The van der Waals surface area contributed by atoms with Crippen LogP contribution < -0.4 is 14.8 Å². The molecule has 0 aromatic heterocycles. The SMILES string of the molecule is CC(=O)NC1=NN(C(C)=O)[C@H](c2ccc(OCCOc3ccc(C)cc3)c(Cl)c2)S1. The number of hydrogen-bond acceptors (Lipinski definition) is 6. The van der Waals surface area contributed by atoms with Crippen LogP contribution in [-0.4, -0.2) is 35.2 Å². The summed E-state index contributed by atoms with van der Waals surface area (Å²) in [5.41, 5.74) is 1.94. The Morgan fingerprint density at radius 3 is 2.47 bits per heavy atom. The lowest BCUT2D eigenvalue weighted by atomic mass is 10.2. The van der Waals surface area contributed by atoms with E-state index in [1.165, 1.54) is 36.2 Å². The Kier molecular flexibility index (Phi) is 7.23. The molecule has 158 valence electrons. The average Bonchev–Trinajstić information content (AvgIpc) is 3.11. The number of rotatable bonds is 6. The minimum absolute atomic E-state index is 0.238. The van der Waals surface area contributed by atoms with E-state index in [1.807, 2.05) is 37.3 Å². The standard InChI is InChI=1S/C21H22ClN3O4S/c1-13-4-7-17(8-5-13)28-10-11-29-19-9-6-16(12-18(19)22)20-25(15(3)27)24-21(30-20)23-14(2)26/h4-9,12,20H,10-11H2,1-3H3,(H,23,24,26)/t20-/m0/s1. The summed E-state index contributed by atoms with van der Waals surface area (Å²) in [7, 11) is 0. The maximum atomic E-state index is 11.9. The average molecular weight is 448 g/mol. The first-order valence-corrected chi connectivity index (χ1v) is 10.5. The third-order valence-electron chi connectivity index (χ3n) is 4.12. The lowest BCUT2D eigenvalue weighted by Gasteiger charge is -2.20. The number of amidine groups is 1. The normalized spacial score (nSPS) is 15.5. The van der Waals surface area contributed by atoms with Gasteiger partial charge in [0.05, 0.1) is 5.02 Å². The minimum Gasteiger partial charge on any atom is -0.490 e. The Hall–Kier alpha value is -2.71. The molecule has 2 aromatic rings. The zero-order valence-electron chi connectivity index (χ0n) is 16.8. The highest BCUT2D eigenvalue weighted by Crippen LogP contribution is 2.40. The van der Waals surface area contributed by atoms with Crippen LogP contribution in [0.15, 0.2) is 47.6 Å². The molecule has 0 saturated carbocycles. The summed E-state index contributed by atoms with van der Waals surface area (Å²) in [5, 5.41) is 8.47. The smallest absolute Gasteiger partial charge is 0.241 e. The lowest BCUT2D eigenvalue weighted by Crippen LogP contribution is -2.25. The third kappa shape index (κ3) is 5.67. The minimum atomic E-state index is -0.416. The van der Waals surface area contributed by atoms with E-state index < -0.39 is 5.37 Å². The number of benzene rings is 2. The maximum Gasteiger partial charge on any atom is 0.241 e. The summed E-state index contributed by atoms with van der Waals surface area (Å²) < 4.78 is 11.4. The summed E-state index contributed by atoms with van der Waals surface area (Å²) >= 11 is 7.65. The topological polar surface area (TPSA) is 80.2 Å². The van der Waals surface area contributed by atoms with Crippen molar-refractivity contribution in [3.05, 3.63) is 58.6 Å². The van der Waals surface area contributed by atoms with Crippen molar-refractivity contribution < 1.29 is 19.1 Å². The van der Waals surface area contributed by atoms with Gasteiger partial charge < -0.3 is 14.8 Å². The van der Waals surface area contributed by atoms with Crippen LogP contribution in [0.2, 0.25) is 5.02 Å². The number of aryl methyl sites for hydroxylation is 1. The molecule has 3 rings (SSSR count). The molecule has 1 aliphatic rings. The second-order valence-corrected chi connectivity index (χ2v) is 8.10. The Bertz CT molecular complexity index is 965. The fourth-order valence-electron chi connectivity index (χ4n) is 2.71. The summed E-state index contributed by atoms with van der Waals surface area (Å²) in [4.78, 5) is 23.2. The summed E-state index contributed by atoms with van der Waals surface area (Å²) in [6.45, 7) is 5.54. The van der Waals surface area contributed by atoms with E-state index in [0.717, 1.165) is 11.3 Å². The van der Waals surface area contributed by atoms with E-state index in [2.05, 4.69) is 10.4 Å². The summed E-state index contributed by atoms with van der Waals surface area (Å²) in [6, 6.07) is 13.1. The molecule has 0 saturated heterocycles. The van der Waals surface area contributed by atoms with Gasteiger partial charge in [-0.15, -0.1) is 5.10 Å². The van der Waals surface area contributed by atoms with Crippen LogP contribution in [-0.2, 0) is 9.59 Å². The molecule has 0 spiro atoms. The molecule has 0 bridgehead atoms. The van der Waals surface area contributed by atoms with E-state index in [9.17, 15) is 9.59 Å².